The van der Waals surface area contributed by atoms with Crippen molar-refractivity contribution in [2.24, 2.45) is 0 Å². The Balaban J connectivity index is 1.59. The number of amides is 1. The normalized spacial score (nSPS) is 27.1. The Bertz CT molecular complexity index is 259. The monoisotopic (exact) mass is 256 g/mol. The lowest BCUT2D eigenvalue weighted by Gasteiger charge is -2.33. The molecule has 18 heavy (non-hydrogen) atoms. The van der Waals surface area contributed by atoms with Crippen molar-refractivity contribution in [2.45, 2.75) is 38.3 Å². The van der Waals surface area contributed by atoms with E-state index in [1.54, 1.807) is 6.92 Å². The summed E-state index contributed by atoms with van der Waals surface area (Å²) in [5.41, 5.74) is 0. The standard InChI is InChI=1S/C13H24N2O3/c1-11(16)14-12-2-5-15(6-3-12)7-4-13-10-17-8-9-18-13/h12-13H,2-10H2,1H3,(H,14,16). The zero-order chi connectivity index (χ0) is 12.8. The fourth-order valence-corrected chi connectivity index (χ4v) is 2.62. The number of nitrogens with zero attached hydrogens (tertiary/aromatic N) is 1. The predicted molar refractivity (Wildman–Crippen MR) is 68.5 cm³/mol. The number of nitrogens with one attached hydrogen (secondary N) is 1. The zero-order valence-corrected chi connectivity index (χ0v) is 11.2. The molecular formula is C13H24N2O3. The molecule has 0 aromatic carbocycles. The van der Waals surface area contributed by atoms with Gasteiger partial charge in [0.1, 0.15) is 0 Å². The highest BCUT2D eigenvalue weighted by Gasteiger charge is 2.21. The van der Waals surface area contributed by atoms with E-state index in [1.807, 2.05) is 0 Å². The number of rotatable bonds is 4. The molecule has 5 heteroatoms. The molecule has 1 atom stereocenters. The largest absolute Gasteiger partial charge is 0.376 e. The molecule has 1 amide bonds. The molecule has 104 valence electrons. The Labute approximate surface area is 109 Å². The van der Waals surface area contributed by atoms with Crippen molar-refractivity contribution in [3.05, 3.63) is 0 Å². The lowest BCUT2D eigenvalue weighted by molar-refractivity contribution is -0.120. The van der Waals surface area contributed by atoms with Gasteiger partial charge in [-0.1, -0.05) is 0 Å². The summed E-state index contributed by atoms with van der Waals surface area (Å²) in [6, 6.07) is 0.369. The van der Waals surface area contributed by atoms with Crippen LogP contribution in [0.15, 0.2) is 0 Å². The molecule has 0 aromatic rings. The molecule has 0 saturated carbocycles. The van der Waals surface area contributed by atoms with Gasteiger partial charge in [0.25, 0.3) is 0 Å². The molecule has 5 nitrogen and oxygen atoms in total. The van der Waals surface area contributed by atoms with Crippen LogP contribution in [-0.4, -0.2) is 62.4 Å². The summed E-state index contributed by atoms with van der Waals surface area (Å²) >= 11 is 0. The van der Waals surface area contributed by atoms with Crippen LogP contribution in [-0.2, 0) is 14.3 Å². The maximum atomic E-state index is 11.0. The number of hydrogen-bond donors (Lipinski definition) is 1. The van der Waals surface area contributed by atoms with E-state index >= 15 is 0 Å². The smallest absolute Gasteiger partial charge is 0.217 e. The van der Waals surface area contributed by atoms with Gasteiger partial charge in [0.15, 0.2) is 0 Å². The average molecular weight is 256 g/mol. The molecule has 2 heterocycles. The fourth-order valence-electron chi connectivity index (χ4n) is 2.62. The molecule has 1 unspecified atom stereocenters. The van der Waals surface area contributed by atoms with E-state index in [2.05, 4.69) is 10.2 Å². The summed E-state index contributed by atoms with van der Waals surface area (Å²) in [6.45, 7) is 7.00. The molecule has 2 saturated heterocycles. The first kappa shape index (κ1) is 13.8. The van der Waals surface area contributed by atoms with E-state index < -0.39 is 0 Å². The quantitative estimate of drug-likeness (QED) is 0.790. The summed E-state index contributed by atoms with van der Waals surface area (Å²) in [5, 5.41) is 3.00. The summed E-state index contributed by atoms with van der Waals surface area (Å²) in [7, 11) is 0. The van der Waals surface area contributed by atoms with E-state index in [0.29, 0.717) is 6.04 Å². The minimum Gasteiger partial charge on any atom is -0.376 e. The van der Waals surface area contributed by atoms with Crippen LogP contribution < -0.4 is 5.32 Å². The Kier molecular flexibility index (Phi) is 5.41. The van der Waals surface area contributed by atoms with Gasteiger partial charge in [-0.25, -0.2) is 0 Å². The van der Waals surface area contributed by atoms with Gasteiger partial charge in [-0.05, 0) is 19.3 Å². The van der Waals surface area contributed by atoms with E-state index in [4.69, 9.17) is 9.47 Å². The minimum atomic E-state index is 0.0844. The first-order valence-electron chi connectivity index (χ1n) is 6.93. The second kappa shape index (κ2) is 7.07. The summed E-state index contributed by atoms with van der Waals surface area (Å²) in [5.74, 6) is 0.0844. The third kappa shape index (κ3) is 4.55. The van der Waals surface area contributed by atoms with Crippen LogP contribution in [0.4, 0.5) is 0 Å². The van der Waals surface area contributed by atoms with E-state index in [9.17, 15) is 4.79 Å². The van der Waals surface area contributed by atoms with Gasteiger partial charge in [0.2, 0.25) is 5.91 Å². The van der Waals surface area contributed by atoms with Crippen LogP contribution in [0.1, 0.15) is 26.2 Å². The lowest BCUT2D eigenvalue weighted by Crippen LogP contribution is -2.45. The van der Waals surface area contributed by atoms with Gasteiger partial charge >= 0.3 is 0 Å². The van der Waals surface area contributed by atoms with Gasteiger partial charge in [-0.2, -0.15) is 0 Å². The van der Waals surface area contributed by atoms with Gasteiger partial charge in [-0.15, -0.1) is 0 Å². The summed E-state index contributed by atoms with van der Waals surface area (Å²) < 4.78 is 11.0. The third-order valence-electron chi connectivity index (χ3n) is 3.65. The molecule has 2 aliphatic rings. The predicted octanol–water partition coefficient (Wildman–Crippen LogP) is 0.392. The first-order valence-corrected chi connectivity index (χ1v) is 6.93. The van der Waals surface area contributed by atoms with Gasteiger partial charge in [-0.3, -0.25) is 4.79 Å². The topological polar surface area (TPSA) is 50.8 Å². The lowest BCUT2D eigenvalue weighted by atomic mass is 10.0. The number of likely N-dealkylation sites (tertiary alicyclic amines) is 1. The Morgan fingerprint density at radius 1 is 1.33 bits per heavy atom. The van der Waals surface area contributed by atoms with Crippen molar-refractivity contribution in [2.75, 3.05) is 39.5 Å². The number of carbonyl (C=O) groups is 1. The van der Waals surface area contributed by atoms with Gasteiger partial charge in [0, 0.05) is 32.6 Å². The van der Waals surface area contributed by atoms with Gasteiger partial charge in [0.05, 0.1) is 25.9 Å². The maximum Gasteiger partial charge on any atom is 0.217 e. The highest BCUT2D eigenvalue weighted by Crippen LogP contribution is 2.13. The van der Waals surface area contributed by atoms with E-state index in [1.165, 1.54) is 0 Å². The molecule has 0 aromatic heterocycles. The van der Waals surface area contributed by atoms with Crippen molar-refractivity contribution < 1.29 is 14.3 Å². The van der Waals surface area contributed by atoms with Crippen molar-refractivity contribution in [3.8, 4) is 0 Å². The second-order valence-electron chi connectivity index (χ2n) is 5.17. The average Bonchev–Trinajstić information content (AvgIpc) is 2.38. The molecule has 2 aliphatic heterocycles. The Morgan fingerprint density at radius 2 is 2.11 bits per heavy atom. The van der Waals surface area contributed by atoms with Crippen LogP contribution in [0.25, 0.3) is 0 Å². The molecule has 2 rings (SSSR count). The van der Waals surface area contributed by atoms with Crippen LogP contribution in [0.2, 0.25) is 0 Å². The number of piperidine rings is 1. The molecule has 1 N–H and O–H groups in total. The van der Waals surface area contributed by atoms with Crippen LogP contribution in [0.5, 0.6) is 0 Å². The van der Waals surface area contributed by atoms with Gasteiger partial charge < -0.3 is 19.7 Å². The highest BCUT2D eigenvalue weighted by molar-refractivity contribution is 5.73. The summed E-state index contributed by atoms with van der Waals surface area (Å²) in [4.78, 5) is 13.4. The molecule has 2 fully saturated rings. The first-order chi connectivity index (χ1) is 8.74. The molecule has 0 spiro atoms. The molecule has 0 bridgehead atoms. The maximum absolute atomic E-state index is 11.0. The summed E-state index contributed by atoms with van der Waals surface area (Å²) in [6.07, 6.45) is 3.43. The van der Waals surface area contributed by atoms with E-state index in [0.717, 1.165) is 58.7 Å². The Morgan fingerprint density at radius 3 is 2.72 bits per heavy atom. The number of ether oxygens (including phenoxy) is 2. The highest BCUT2D eigenvalue weighted by atomic mass is 16.6. The molecular weight excluding hydrogens is 232 g/mol. The SMILES string of the molecule is CC(=O)NC1CCN(CCC2COCCO2)CC1. The Hall–Kier alpha value is -0.650. The minimum absolute atomic E-state index is 0.0844. The molecule has 0 radical (unpaired) electrons. The van der Waals surface area contributed by atoms with Crippen LogP contribution in [0.3, 0.4) is 0 Å². The van der Waals surface area contributed by atoms with Crippen LogP contribution in [0, 0.1) is 0 Å². The zero-order valence-electron chi connectivity index (χ0n) is 11.2. The van der Waals surface area contributed by atoms with Crippen molar-refractivity contribution in [1.82, 2.24) is 10.2 Å². The van der Waals surface area contributed by atoms with Crippen molar-refractivity contribution in [3.63, 3.8) is 0 Å². The number of carbonyl (C=O) groups excluding carboxylic acids is 1. The van der Waals surface area contributed by atoms with Crippen molar-refractivity contribution >= 4 is 5.91 Å². The fraction of sp³-hybridized carbons (Fsp3) is 0.923. The van der Waals surface area contributed by atoms with E-state index in [-0.39, 0.29) is 12.0 Å². The number of hydrogen-bond acceptors (Lipinski definition) is 4. The van der Waals surface area contributed by atoms with Crippen molar-refractivity contribution in [1.29, 1.82) is 0 Å². The second-order valence-corrected chi connectivity index (χ2v) is 5.17. The molecule has 0 aliphatic carbocycles. The van der Waals surface area contributed by atoms with Crippen LogP contribution >= 0.6 is 0 Å². The third-order valence-corrected chi connectivity index (χ3v) is 3.65.